The molecule has 0 saturated carbocycles. The number of rotatable bonds is 3. The van der Waals surface area contributed by atoms with Gasteiger partial charge in [-0.25, -0.2) is 4.98 Å². The lowest BCUT2D eigenvalue weighted by Gasteiger charge is -2.24. The Labute approximate surface area is 111 Å². The minimum atomic E-state index is -0.783. The second kappa shape index (κ2) is 6.14. The first-order valence-corrected chi connectivity index (χ1v) is 6.41. The van der Waals surface area contributed by atoms with Crippen molar-refractivity contribution in [2.75, 3.05) is 13.1 Å². The van der Waals surface area contributed by atoms with Crippen molar-refractivity contribution in [3.05, 3.63) is 18.7 Å². The molecule has 19 heavy (non-hydrogen) atoms. The number of carbonyl (C=O) groups excluding carboxylic acids is 1. The first-order chi connectivity index (χ1) is 9.06. The van der Waals surface area contributed by atoms with Crippen LogP contribution in [0.15, 0.2) is 18.7 Å². The van der Waals surface area contributed by atoms with Crippen molar-refractivity contribution in [1.82, 2.24) is 14.5 Å². The van der Waals surface area contributed by atoms with E-state index in [2.05, 4.69) is 4.98 Å². The van der Waals surface area contributed by atoms with Crippen molar-refractivity contribution in [3.8, 4) is 0 Å². The Morgan fingerprint density at radius 1 is 1.42 bits per heavy atom. The third-order valence-electron chi connectivity index (χ3n) is 3.37. The molecule has 1 amide bonds. The Bertz CT molecular complexity index is 409. The molecule has 7 nitrogen and oxygen atoms in total. The molecule has 0 spiro atoms. The number of hydrogen-bond acceptors (Lipinski definition) is 5. The van der Waals surface area contributed by atoms with E-state index < -0.39 is 18.2 Å². The smallest absolute Gasteiger partial charge is 0.224 e. The number of aromatic nitrogens is 2. The number of nitrogens with zero attached hydrogens (tertiary/aromatic N) is 3. The molecule has 106 valence electrons. The maximum Gasteiger partial charge on any atom is 0.224 e. The molecule has 1 saturated heterocycles. The van der Waals surface area contributed by atoms with Gasteiger partial charge >= 0.3 is 0 Å². The van der Waals surface area contributed by atoms with Crippen LogP contribution in [-0.4, -0.2) is 61.9 Å². The molecule has 1 fully saturated rings. The number of hydrogen-bond donors (Lipinski definition) is 3. The number of aryl methyl sites for hydroxylation is 1. The van der Waals surface area contributed by atoms with Gasteiger partial charge in [0.1, 0.15) is 0 Å². The number of carbonyl (C=O) groups is 1. The van der Waals surface area contributed by atoms with Gasteiger partial charge < -0.3 is 25.4 Å². The number of β-amino-alcohol motifs (C(OH)–C–C–N with tert-alkyl or cyclic N) is 2. The molecule has 3 atom stereocenters. The summed E-state index contributed by atoms with van der Waals surface area (Å²) in [5, 5.41) is 19.6. The quantitative estimate of drug-likeness (QED) is 0.622. The van der Waals surface area contributed by atoms with Crippen LogP contribution in [0.4, 0.5) is 0 Å². The highest BCUT2D eigenvalue weighted by Gasteiger charge is 2.29. The van der Waals surface area contributed by atoms with Crippen LogP contribution in [0.5, 0.6) is 0 Å². The van der Waals surface area contributed by atoms with Gasteiger partial charge in [-0.3, -0.25) is 4.79 Å². The van der Waals surface area contributed by atoms with Crippen LogP contribution < -0.4 is 5.73 Å². The summed E-state index contributed by atoms with van der Waals surface area (Å²) in [5.74, 6) is -0.0964. The summed E-state index contributed by atoms with van der Waals surface area (Å²) in [5.41, 5.74) is 5.72. The first kappa shape index (κ1) is 14.0. The molecular weight excluding hydrogens is 248 g/mol. The van der Waals surface area contributed by atoms with Crippen molar-refractivity contribution in [1.29, 1.82) is 0 Å². The van der Waals surface area contributed by atoms with Gasteiger partial charge in [-0.05, 0) is 6.42 Å². The number of amides is 1. The summed E-state index contributed by atoms with van der Waals surface area (Å²) < 4.78 is 1.81. The summed E-state index contributed by atoms with van der Waals surface area (Å²) in [6.07, 6.45) is 4.25. The molecule has 1 aromatic rings. The van der Waals surface area contributed by atoms with Crippen LogP contribution in [0, 0.1) is 0 Å². The zero-order valence-electron chi connectivity index (χ0n) is 10.7. The standard InChI is InChI=1S/C12H20N4O3/c13-10-5-9(17)6-16(7-11(10)18)12(19)1-3-15-4-2-14-8-15/h2,4,8-11,17-18H,1,3,5-7,13H2/t9-,10-,11-/m1/s1. The largest absolute Gasteiger partial charge is 0.391 e. The second-order valence-electron chi connectivity index (χ2n) is 4.97. The average molecular weight is 268 g/mol. The zero-order valence-corrected chi connectivity index (χ0v) is 10.7. The fourth-order valence-electron chi connectivity index (χ4n) is 2.24. The molecular formula is C12H20N4O3. The number of nitrogens with two attached hydrogens (primary N) is 1. The van der Waals surface area contributed by atoms with E-state index in [1.54, 1.807) is 18.7 Å². The summed E-state index contributed by atoms with van der Waals surface area (Å²) in [6, 6.07) is -0.485. The maximum atomic E-state index is 12.1. The van der Waals surface area contributed by atoms with Gasteiger partial charge in [0.2, 0.25) is 5.91 Å². The van der Waals surface area contributed by atoms with Crippen LogP contribution in [0.1, 0.15) is 12.8 Å². The molecule has 1 aromatic heterocycles. The number of aliphatic hydroxyl groups excluding tert-OH is 2. The van der Waals surface area contributed by atoms with Crippen molar-refractivity contribution in [2.45, 2.75) is 37.6 Å². The Kier molecular flexibility index (Phi) is 4.52. The zero-order chi connectivity index (χ0) is 13.8. The van der Waals surface area contributed by atoms with Gasteiger partial charge in [-0.15, -0.1) is 0 Å². The first-order valence-electron chi connectivity index (χ1n) is 6.41. The maximum absolute atomic E-state index is 12.1. The third-order valence-corrected chi connectivity index (χ3v) is 3.37. The van der Waals surface area contributed by atoms with E-state index in [9.17, 15) is 15.0 Å². The van der Waals surface area contributed by atoms with E-state index in [1.807, 2.05) is 4.57 Å². The predicted molar refractivity (Wildman–Crippen MR) is 68.0 cm³/mol. The summed E-state index contributed by atoms with van der Waals surface area (Å²) in [7, 11) is 0. The van der Waals surface area contributed by atoms with Crippen LogP contribution >= 0.6 is 0 Å². The normalized spacial score (nSPS) is 28.2. The number of aliphatic hydroxyl groups is 2. The summed E-state index contributed by atoms with van der Waals surface area (Å²) in [6.45, 7) is 0.947. The third kappa shape index (κ3) is 3.76. The van der Waals surface area contributed by atoms with Crippen LogP contribution in [0.25, 0.3) is 0 Å². The minimum absolute atomic E-state index is 0.0964. The number of imidazole rings is 1. The Morgan fingerprint density at radius 2 is 2.21 bits per heavy atom. The van der Waals surface area contributed by atoms with E-state index in [4.69, 9.17) is 5.73 Å². The van der Waals surface area contributed by atoms with Crippen LogP contribution in [0.3, 0.4) is 0 Å². The van der Waals surface area contributed by atoms with E-state index in [0.717, 1.165) is 0 Å². The summed E-state index contributed by atoms with van der Waals surface area (Å²) in [4.78, 5) is 17.5. The van der Waals surface area contributed by atoms with E-state index in [1.165, 1.54) is 4.90 Å². The van der Waals surface area contributed by atoms with Gasteiger partial charge in [0.15, 0.2) is 0 Å². The van der Waals surface area contributed by atoms with Gasteiger partial charge in [-0.1, -0.05) is 0 Å². The molecule has 1 aliphatic heterocycles. The molecule has 2 rings (SSSR count). The highest BCUT2D eigenvalue weighted by Crippen LogP contribution is 2.12. The Balaban J connectivity index is 1.90. The fourth-order valence-corrected chi connectivity index (χ4v) is 2.24. The molecule has 7 heteroatoms. The highest BCUT2D eigenvalue weighted by molar-refractivity contribution is 5.76. The molecule has 0 radical (unpaired) electrons. The molecule has 0 aromatic carbocycles. The average Bonchev–Trinajstić information content (AvgIpc) is 2.83. The predicted octanol–water partition coefficient (Wildman–Crippen LogP) is -1.45. The molecule has 0 unspecified atom stereocenters. The van der Waals surface area contributed by atoms with Crippen molar-refractivity contribution in [2.24, 2.45) is 5.73 Å². The molecule has 0 bridgehead atoms. The minimum Gasteiger partial charge on any atom is -0.391 e. The van der Waals surface area contributed by atoms with Crippen LogP contribution in [0.2, 0.25) is 0 Å². The molecule has 4 N–H and O–H groups in total. The highest BCUT2D eigenvalue weighted by atomic mass is 16.3. The van der Waals surface area contributed by atoms with E-state index in [-0.39, 0.29) is 19.0 Å². The molecule has 0 aliphatic carbocycles. The van der Waals surface area contributed by atoms with Gasteiger partial charge in [0.25, 0.3) is 0 Å². The molecule has 2 heterocycles. The topological polar surface area (TPSA) is 105 Å². The van der Waals surface area contributed by atoms with Crippen molar-refractivity contribution >= 4 is 5.91 Å². The van der Waals surface area contributed by atoms with Gasteiger partial charge in [0.05, 0.1) is 18.5 Å². The van der Waals surface area contributed by atoms with Gasteiger partial charge in [0, 0.05) is 44.5 Å². The second-order valence-corrected chi connectivity index (χ2v) is 4.97. The Morgan fingerprint density at radius 3 is 2.89 bits per heavy atom. The summed E-state index contributed by atoms with van der Waals surface area (Å²) >= 11 is 0. The lowest BCUT2D eigenvalue weighted by molar-refractivity contribution is -0.133. The SMILES string of the molecule is N[C@@H]1C[C@@H](O)CN(C(=O)CCn2ccnc2)C[C@H]1O. The lowest BCUT2D eigenvalue weighted by Crippen LogP contribution is -2.42. The van der Waals surface area contributed by atoms with E-state index >= 15 is 0 Å². The van der Waals surface area contributed by atoms with Crippen molar-refractivity contribution in [3.63, 3.8) is 0 Å². The Hall–Kier alpha value is -1.44. The lowest BCUT2D eigenvalue weighted by atomic mass is 10.1. The molecule has 1 aliphatic rings. The number of likely N-dealkylation sites (tertiary alicyclic amines) is 1. The monoisotopic (exact) mass is 268 g/mol. The van der Waals surface area contributed by atoms with Crippen LogP contribution in [-0.2, 0) is 11.3 Å². The fraction of sp³-hybridized carbons (Fsp3) is 0.667. The van der Waals surface area contributed by atoms with Crippen molar-refractivity contribution < 1.29 is 15.0 Å². The van der Waals surface area contributed by atoms with Gasteiger partial charge in [-0.2, -0.15) is 0 Å². The van der Waals surface area contributed by atoms with E-state index in [0.29, 0.717) is 19.4 Å².